The summed E-state index contributed by atoms with van der Waals surface area (Å²) >= 11 is 0. The minimum Gasteiger partial charge on any atom is -0.445 e. The Morgan fingerprint density at radius 2 is 1.89 bits per heavy atom. The van der Waals surface area contributed by atoms with Gasteiger partial charge in [-0.05, 0) is 54.3 Å². The highest BCUT2D eigenvalue weighted by Crippen LogP contribution is 2.28. The second-order valence-electron chi connectivity index (χ2n) is 8.84. The first-order chi connectivity index (χ1) is 17.0. The molecule has 5 nitrogen and oxygen atoms in total. The molecule has 0 bridgehead atoms. The summed E-state index contributed by atoms with van der Waals surface area (Å²) in [7, 11) is 0. The topological polar surface area (TPSA) is 59.2 Å². The van der Waals surface area contributed by atoms with Crippen LogP contribution < -0.4 is 0 Å². The van der Waals surface area contributed by atoms with E-state index in [1.165, 1.54) is 18.2 Å². The molecule has 1 saturated heterocycles. The van der Waals surface area contributed by atoms with E-state index in [2.05, 4.69) is 9.97 Å². The summed E-state index contributed by atoms with van der Waals surface area (Å²) in [5, 5.41) is 0. The number of aromatic nitrogens is 2. The van der Waals surface area contributed by atoms with Gasteiger partial charge in [0.1, 0.15) is 23.1 Å². The molecule has 0 aliphatic carbocycles. The number of likely N-dealkylation sites (tertiary alicyclic amines) is 1. The Labute approximate surface area is 202 Å². The van der Waals surface area contributed by atoms with Gasteiger partial charge >= 0.3 is 0 Å². The van der Waals surface area contributed by atoms with Gasteiger partial charge in [-0.15, -0.1) is 0 Å². The summed E-state index contributed by atoms with van der Waals surface area (Å²) in [6.45, 7) is 1.11. The Kier molecular flexibility index (Phi) is 6.66. The Hall–Kier alpha value is -3.87. The zero-order valence-electron chi connectivity index (χ0n) is 19.2. The zero-order valence-corrected chi connectivity index (χ0v) is 19.2. The molecule has 1 amide bonds. The lowest BCUT2D eigenvalue weighted by molar-refractivity contribution is 0.0691. The fourth-order valence-corrected chi connectivity index (χ4v) is 4.50. The maximum Gasteiger partial charge on any atom is 0.272 e. The summed E-state index contributed by atoms with van der Waals surface area (Å²) in [4.78, 5) is 24.0. The standard InChI is InChI=1S/C28H25F2N3O2/c29-22-9-3-6-19(14-22)15-24-17-31-27(35-24)21-8-5-13-33(18-21)28(34)26-12-4-10-23(32-26)16-20-7-1-2-11-25(20)30/h1-4,6-7,9-12,14,17,21H,5,8,13,15-16,18H2. The largest absolute Gasteiger partial charge is 0.445 e. The maximum atomic E-state index is 14.0. The molecule has 0 saturated carbocycles. The summed E-state index contributed by atoms with van der Waals surface area (Å²) in [5.41, 5.74) is 2.35. The minimum absolute atomic E-state index is 0.0180. The summed E-state index contributed by atoms with van der Waals surface area (Å²) in [5.74, 6) is 0.516. The molecule has 7 heteroatoms. The number of carbonyl (C=O) groups is 1. The van der Waals surface area contributed by atoms with Crippen LogP contribution in [0.3, 0.4) is 0 Å². The number of benzene rings is 2. The third kappa shape index (κ3) is 5.45. The van der Waals surface area contributed by atoms with E-state index in [9.17, 15) is 13.6 Å². The zero-order chi connectivity index (χ0) is 24.2. The molecular weight excluding hydrogens is 448 g/mol. The van der Waals surface area contributed by atoms with Crippen LogP contribution in [0.5, 0.6) is 0 Å². The molecule has 0 spiro atoms. The van der Waals surface area contributed by atoms with E-state index in [4.69, 9.17) is 4.42 Å². The van der Waals surface area contributed by atoms with Gasteiger partial charge in [-0.3, -0.25) is 4.79 Å². The van der Waals surface area contributed by atoms with Crippen LogP contribution in [0.1, 0.15) is 57.7 Å². The highest BCUT2D eigenvalue weighted by Gasteiger charge is 2.29. The van der Waals surface area contributed by atoms with Crippen molar-refractivity contribution < 1.29 is 18.0 Å². The van der Waals surface area contributed by atoms with Gasteiger partial charge in [0, 0.05) is 31.6 Å². The number of rotatable bonds is 6. The predicted molar refractivity (Wildman–Crippen MR) is 127 cm³/mol. The molecule has 2 aromatic carbocycles. The van der Waals surface area contributed by atoms with E-state index in [0.717, 1.165) is 18.4 Å². The van der Waals surface area contributed by atoms with Crippen molar-refractivity contribution in [1.82, 2.24) is 14.9 Å². The molecule has 3 heterocycles. The number of pyridine rings is 1. The van der Waals surface area contributed by atoms with Crippen LogP contribution in [0.15, 0.2) is 77.3 Å². The third-order valence-corrected chi connectivity index (χ3v) is 6.25. The van der Waals surface area contributed by atoms with Crippen LogP contribution in [0.2, 0.25) is 0 Å². The van der Waals surface area contributed by atoms with Crippen LogP contribution in [0, 0.1) is 11.6 Å². The van der Waals surface area contributed by atoms with Crippen LogP contribution in [0.4, 0.5) is 8.78 Å². The van der Waals surface area contributed by atoms with E-state index < -0.39 is 0 Å². The van der Waals surface area contributed by atoms with Gasteiger partial charge < -0.3 is 9.32 Å². The Balaban J connectivity index is 1.26. The van der Waals surface area contributed by atoms with Crippen LogP contribution in [-0.4, -0.2) is 33.9 Å². The lowest BCUT2D eigenvalue weighted by atomic mass is 9.97. The number of carbonyl (C=O) groups excluding carboxylic acids is 1. The smallest absolute Gasteiger partial charge is 0.272 e. The van der Waals surface area contributed by atoms with Crippen molar-refractivity contribution in [3.8, 4) is 0 Å². The van der Waals surface area contributed by atoms with Crippen LogP contribution in [-0.2, 0) is 12.8 Å². The predicted octanol–water partition coefficient (Wildman–Crippen LogP) is 5.55. The van der Waals surface area contributed by atoms with Gasteiger partial charge in [0.25, 0.3) is 5.91 Å². The third-order valence-electron chi connectivity index (χ3n) is 6.25. The van der Waals surface area contributed by atoms with Crippen molar-refractivity contribution in [1.29, 1.82) is 0 Å². The quantitative estimate of drug-likeness (QED) is 0.369. The van der Waals surface area contributed by atoms with Gasteiger partial charge in [0.05, 0.1) is 12.1 Å². The van der Waals surface area contributed by atoms with E-state index in [1.54, 1.807) is 53.6 Å². The van der Waals surface area contributed by atoms with Crippen LogP contribution >= 0.6 is 0 Å². The van der Waals surface area contributed by atoms with Crippen molar-refractivity contribution in [2.45, 2.75) is 31.6 Å². The summed E-state index contributed by atoms with van der Waals surface area (Å²) in [6.07, 6.45) is 4.14. The molecule has 1 atom stereocenters. The fourth-order valence-electron chi connectivity index (χ4n) is 4.50. The number of oxazole rings is 1. The first kappa shape index (κ1) is 22.9. The van der Waals surface area contributed by atoms with E-state index in [0.29, 0.717) is 54.5 Å². The van der Waals surface area contributed by atoms with Crippen molar-refractivity contribution in [2.75, 3.05) is 13.1 Å². The maximum absolute atomic E-state index is 14.0. The summed E-state index contributed by atoms with van der Waals surface area (Å²) < 4.78 is 33.5. The monoisotopic (exact) mass is 473 g/mol. The molecule has 0 N–H and O–H groups in total. The Bertz CT molecular complexity index is 1340. The van der Waals surface area contributed by atoms with E-state index in [1.807, 2.05) is 6.07 Å². The summed E-state index contributed by atoms with van der Waals surface area (Å²) in [6, 6.07) is 18.3. The number of hydrogen-bond acceptors (Lipinski definition) is 4. The SMILES string of the molecule is O=C(c1cccc(Cc2ccccc2F)n1)N1CCCC(c2ncc(Cc3cccc(F)c3)o2)C1. The molecular formula is C28H25F2N3O2. The normalized spacial score (nSPS) is 15.8. The van der Waals surface area contributed by atoms with Gasteiger partial charge in [-0.25, -0.2) is 18.7 Å². The fraction of sp³-hybridized carbons (Fsp3) is 0.250. The second-order valence-corrected chi connectivity index (χ2v) is 8.84. The second kappa shape index (κ2) is 10.2. The van der Waals surface area contributed by atoms with Crippen molar-refractivity contribution >= 4 is 5.91 Å². The molecule has 2 aromatic heterocycles. The highest BCUT2D eigenvalue weighted by atomic mass is 19.1. The van der Waals surface area contributed by atoms with Crippen molar-refractivity contribution in [3.63, 3.8) is 0 Å². The van der Waals surface area contributed by atoms with Gasteiger partial charge in [0.2, 0.25) is 0 Å². The average Bonchev–Trinajstić information content (AvgIpc) is 3.34. The van der Waals surface area contributed by atoms with Crippen molar-refractivity contribution in [2.24, 2.45) is 0 Å². The Morgan fingerprint density at radius 3 is 2.74 bits per heavy atom. The van der Waals surface area contributed by atoms with Gasteiger partial charge in [-0.1, -0.05) is 36.4 Å². The molecule has 35 heavy (non-hydrogen) atoms. The molecule has 1 aliphatic heterocycles. The Morgan fingerprint density at radius 1 is 1.03 bits per heavy atom. The lowest BCUT2D eigenvalue weighted by Crippen LogP contribution is -2.39. The number of piperidine rings is 1. The lowest BCUT2D eigenvalue weighted by Gasteiger charge is -2.31. The molecule has 1 fully saturated rings. The molecule has 1 aliphatic rings. The number of amides is 1. The van der Waals surface area contributed by atoms with Gasteiger partial charge in [-0.2, -0.15) is 0 Å². The van der Waals surface area contributed by atoms with Crippen LogP contribution in [0.25, 0.3) is 0 Å². The minimum atomic E-state index is -0.285. The number of nitrogens with zero attached hydrogens (tertiary/aromatic N) is 3. The van der Waals surface area contributed by atoms with Crippen molar-refractivity contribution in [3.05, 3.63) is 119 Å². The molecule has 4 aromatic rings. The molecule has 5 rings (SSSR count). The first-order valence-corrected chi connectivity index (χ1v) is 11.7. The molecule has 178 valence electrons. The van der Waals surface area contributed by atoms with Gasteiger partial charge in [0.15, 0.2) is 5.89 Å². The highest BCUT2D eigenvalue weighted by molar-refractivity contribution is 5.92. The average molecular weight is 474 g/mol. The number of halogens is 2. The first-order valence-electron chi connectivity index (χ1n) is 11.7. The number of hydrogen-bond donors (Lipinski definition) is 0. The van der Waals surface area contributed by atoms with E-state index >= 15 is 0 Å². The molecule has 0 radical (unpaired) electrons. The molecule has 1 unspecified atom stereocenters. The van der Waals surface area contributed by atoms with E-state index in [-0.39, 0.29) is 23.5 Å².